The first-order chi connectivity index (χ1) is 12.6. The summed E-state index contributed by atoms with van der Waals surface area (Å²) in [6.07, 6.45) is 1.37. The highest BCUT2D eigenvalue weighted by atomic mass is 16.5. The average molecular weight is 348 g/mol. The van der Waals surface area contributed by atoms with Crippen molar-refractivity contribution < 1.29 is 19.4 Å². The number of nitrogens with one attached hydrogen (secondary N) is 1. The smallest absolute Gasteiger partial charge is 0.278 e. The number of carbonyl (C=O) groups is 2. The fourth-order valence-electron chi connectivity index (χ4n) is 2.42. The third-order valence-electron chi connectivity index (χ3n) is 3.76. The molecule has 0 radical (unpaired) electrons. The van der Waals surface area contributed by atoms with E-state index in [1.807, 2.05) is 6.07 Å². The topological polar surface area (TPSA) is 88.5 Å². The van der Waals surface area contributed by atoms with E-state index in [0.29, 0.717) is 16.8 Å². The van der Waals surface area contributed by atoms with Crippen LogP contribution in [0.1, 0.15) is 26.4 Å². The molecular formula is C20H16N2O4. The van der Waals surface area contributed by atoms with Crippen LogP contribution in [0.25, 0.3) is 0 Å². The van der Waals surface area contributed by atoms with Gasteiger partial charge in [-0.15, -0.1) is 0 Å². The number of amides is 1. The quantitative estimate of drug-likeness (QED) is 0.691. The first-order valence-corrected chi connectivity index (χ1v) is 7.83. The van der Waals surface area contributed by atoms with Gasteiger partial charge >= 0.3 is 0 Å². The van der Waals surface area contributed by atoms with E-state index < -0.39 is 5.91 Å². The van der Waals surface area contributed by atoms with Gasteiger partial charge < -0.3 is 15.2 Å². The minimum absolute atomic E-state index is 0.101. The summed E-state index contributed by atoms with van der Waals surface area (Å²) in [5, 5.41) is 12.6. The first-order valence-electron chi connectivity index (χ1n) is 7.83. The number of carbonyl (C=O) groups excluding carboxylic acids is 2. The molecule has 6 nitrogen and oxygen atoms in total. The highest BCUT2D eigenvalue weighted by Crippen LogP contribution is 2.28. The predicted molar refractivity (Wildman–Crippen MR) is 96.7 cm³/mol. The van der Waals surface area contributed by atoms with Gasteiger partial charge in [0.2, 0.25) is 0 Å². The molecule has 2 aromatic carbocycles. The van der Waals surface area contributed by atoms with E-state index in [1.54, 1.807) is 48.5 Å². The fourth-order valence-corrected chi connectivity index (χ4v) is 2.42. The zero-order chi connectivity index (χ0) is 18.5. The second kappa shape index (κ2) is 7.48. The lowest BCUT2D eigenvalue weighted by molar-refractivity contribution is 0.101. The van der Waals surface area contributed by atoms with Gasteiger partial charge in [-0.25, -0.2) is 4.98 Å². The van der Waals surface area contributed by atoms with Gasteiger partial charge in [0, 0.05) is 29.1 Å². The van der Waals surface area contributed by atoms with Gasteiger partial charge in [-0.3, -0.25) is 9.59 Å². The minimum Gasteiger partial charge on any atom is -0.503 e. The molecule has 3 rings (SSSR count). The van der Waals surface area contributed by atoms with Crippen molar-refractivity contribution in [1.29, 1.82) is 0 Å². The van der Waals surface area contributed by atoms with E-state index in [4.69, 9.17) is 4.74 Å². The molecule has 0 aliphatic heterocycles. The number of anilines is 1. The second-order valence-corrected chi connectivity index (χ2v) is 5.44. The van der Waals surface area contributed by atoms with Crippen LogP contribution in [0.3, 0.4) is 0 Å². The van der Waals surface area contributed by atoms with Crippen molar-refractivity contribution in [3.63, 3.8) is 0 Å². The number of nitrogens with zero attached hydrogens (tertiary/aromatic N) is 1. The monoisotopic (exact) mass is 348 g/mol. The van der Waals surface area contributed by atoms with E-state index in [0.717, 1.165) is 0 Å². The highest BCUT2D eigenvalue weighted by Gasteiger charge is 2.17. The molecule has 0 saturated carbocycles. The molecule has 0 aliphatic rings. The average Bonchev–Trinajstić information content (AvgIpc) is 2.69. The lowest BCUT2D eigenvalue weighted by Gasteiger charge is -2.09. The Hall–Kier alpha value is -3.67. The molecule has 0 spiro atoms. The summed E-state index contributed by atoms with van der Waals surface area (Å²) in [7, 11) is 1.39. The molecule has 0 aliphatic carbocycles. The Balaban J connectivity index is 1.76. The molecule has 0 unspecified atom stereocenters. The van der Waals surface area contributed by atoms with Crippen molar-refractivity contribution in [3.8, 4) is 11.5 Å². The Morgan fingerprint density at radius 3 is 2.27 bits per heavy atom. The summed E-state index contributed by atoms with van der Waals surface area (Å²) in [5.41, 5.74) is 1.43. The highest BCUT2D eigenvalue weighted by molar-refractivity contribution is 6.09. The van der Waals surface area contributed by atoms with Crippen LogP contribution in [0.2, 0.25) is 0 Å². The molecule has 26 heavy (non-hydrogen) atoms. The van der Waals surface area contributed by atoms with Gasteiger partial charge in [-0.05, 0) is 24.3 Å². The van der Waals surface area contributed by atoms with Gasteiger partial charge in [0.15, 0.2) is 23.0 Å². The molecule has 0 saturated heterocycles. The van der Waals surface area contributed by atoms with Gasteiger partial charge in [0.1, 0.15) is 0 Å². The molecule has 2 N–H and O–H groups in total. The first kappa shape index (κ1) is 17.2. The maximum atomic E-state index is 12.4. The predicted octanol–water partition coefficient (Wildman–Crippen LogP) is 3.28. The van der Waals surface area contributed by atoms with Crippen LogP contribution in [0.4, 0.5) is 5.69 Å². The normalized spacial score (nSPS) is 10.2. The van der Waals surface area contributed by atoms with Crippen LogP contribution < -0.4 is 10.1 Å². The Bertz CT molecular complexity index is 938. The minimum atomic E-state index is -0.580. The largest absolute Gasteiger partial charge is 0.503 e. The molecule has 0 atom stereocenters. The van der Waals surface area contributed by atoms with Gasteiger partial charge in [0.25, 0.3) is 5.91 Å². The van der Waals surface area contributed by atoms with Crippen LogP contribution in [0.15, 0.2) is 66.9 Å². The molecule has 1 heterocycles. The van der Waals surface area contributed by atoms with E-state index in [1.165, 1.54) is 19.4 Å². The molecule has 1 amide bonds. The lowest BCUT2D eigenvalue weighted by Crippen LogP contribution is -2.14. The zero-order valence-corrected chi connectivity index (χ0v) is 14.0. The SMILES string of the molecule is COc1ccnc(C(=O)Nc2ccc(C(=O)c3ccccc3)cc2)c1O. The molecule has 6 heteroatoms. The van der Waals surface area contributed by atoms with E-state index in [-0.39, 0.29) is 23.0 Å². The lowest BCUT2D eigenvalue weighted by atomic mass is 10.0. The van der Waals surface area contributed by atoms with E-state index in [2.05, 4.69) is 10.3 Å². The standard InChI is InChI=1S/C20H16N2O4/c1-26-16-11-12-21-17(19(16)24)20(25)22-15-9-7-14(8-10-15)18(23)13-5-3-2-4-6-13/h2-12,24H,1H3,(H,22,25). The van der Waals surface area contributed by atoms with Crippen LogP contribution in [0.5, 0.6) is 11.5 Å². The third-order valence-corrected chi connectivity index (χ3v) is 3.76. The molecule has 130 valence electrons. The number of hydrogen-bond donors (Lipinski definition) is 2. The number of pyridine rings is 1. The maximum absolute atomic E-state index is 12.4. The van der Waals surface area contributed by atoms with Crippen molar-refractivity contribution in [2.24, 2.45) is 0 Å². The number of ketones is 1. The van der Waals surface area contributed by atoms with Crippen LogP contribution in [-0.2, 0) is 0 Å². The Labute approximate surface area is 150 Å². The number of hydrogen-bond acceptors (Lipinski definition) is 5. The zero-order valence-electron chi connectivity index (χ0n) is 14.0. The molecule has 0 fully saturated rings. The summed E-state index contributed by atoms with van der Waals surface area (Å²) >= 11 is 0. The summed E-state index contributed by atoms with van der Waals surface area (Å²) in [6.45, 7) is 0. The number of ether oxygens (including phenoxy) is 1. The summed E-state index contributed by atoms with van der Waals surface area (Å²) in [6, 6.07) is 16.9. The van der Waals surface area contributed by atoms with Gasteiger partial charge in [0.05, 0.1) is 7.11 Å². The fraction of sp³-hybridized carbons (Fsp3) is 0.0500. The number of aromatic nitrogens is 1. The Morgan fingerprint density at radius 1 is 0.962 bits per heavy atom. The number of rotatable bonds is 5. The maximum Gasteiger partial charge on any atom is 0.278 e. The molecular weight excluding hydrogens is 332 g/mol. The summed E-state index contributed by atoms with van der Waals surface area (Å²) < 4.78 is 4.96. The summed E-state index contributed by atoms with van der Waals surface area (Å²) in [5.74, 6) is -0.851. The van der Waals surface area contributed by atoms with Crippen molar-refractivity contribution in [2.45, 2.75) is 0 Å². The van der Waals surface area contributed by atoms with Crippen LogP contribution in [-0.4, -0.2) is 28.9 Å². The van der Waals surface area contributed by atoms with E-state index >= 15 is 0 Å². The Morgan fingerprint density at radius 2 is 1.62 bits per heavy atom. The van der Waals surface area contributed by atoms with Crippen molar-refractivity contribution in [1.82, 2.24) is 4.98 Å². The number of aromatic hydroxyl groups is 1. The van der Waals surface area contributed by atoms with Crippen LogP contribution in [0, 0.1) is 0 Å². The third kappa shape index (κ3) is 3.54. The van der Waals surface area contributed by atoms with Crippen LogP contribution >= 0.6 is 0 Å². The van der Waals surface area contributed by atoms with Crippen molar-refractivity contribution in [2.75, 3.05) is 12.4 Å². The molecule has 3 aromatic rings. The van der Waals surface area contributed by atoms with E-state index in [9.17, 15) is 14.7 Å². The molecule has 1 aromatic heterocycles. The number of benzene rings is 2. The molecule has 0 bridgehead atoms. The van der Waals surface area contributed by atoms with Crippen molar-refractivity contribution >= 4 is 17.4 Å². The number of methoxy groups -OCH3 is 1. The van der Waals surface area contributed by atoms with Crippen molar-refractivity contribution in [3.05, 3.63) is 83.7 Å². The van der Waals surface area contributed by atoms with Gasteiger partial charge in [-0.2, -0.15) is 0 Å². The van der Waals surface area contributed by atoms with Gasteiger partial charge in [-0.1, -0.05) is 30.3 Å². The Kier molecular flexibility index (Phi) is 4.94. The summed E-state index contributed by atoms with van der Waals surface area (Å²) in [4.78, 5) is 28.5. The second-order valence-electron chi connectivity index (χ2n) is 5.44.